The standard InChI is InChI=1S/C14H26N2O3/c1-3-8-16(11-13(17)18)14(19)15-9-5-6-12(4-2)7-10-15/h12H,3-11H2,1-2H3,(H,17,18). The molecule has 19 heavy (non-hydrogen) atoms. The summed E-state index contributed by atoms with van der Waals surface area (Å²) in [5.41, 5.74) is 0. The lowest BCUT2D eigenvalue weighted by Crippen LogP contribution is -2.46. The number of rotatable bonds is 5. The molecular weight excluding hydrogens is 244 g/mol. The SMILES string of the molecule is CCCN(CC(=O)O)C(=O)N1CCCC(CC)CC1. The number of carbonyl (C=O) groups excluding carboxylic acids is 1. The topological polar surface area (TPSA) is 60.9 Å². The van der Waals surface area contributed by atoms with Gasteiger partial charge >= 0.3 is 12.0 Å². The molecule has 0 aromatic carbocycles. The number of likely N-dealkylation sites (tertiary alicyclic amines) is 1. The highest BCUT2D eigenvalue weighted by Crippen LogP contribution is 2.20. The molecule has 1 fully saturated rings. The fraction of sp³-hybridized carbons (Fsp3) is 0.857. The quantitative estimate of drug-likeness (QED) is 0.834. The average Bonchev–Trinajstić information content (AvgIpc) is 2.62. The van der Waals surface area contributed by atoms with E-state index in [2.05, 4.69) is 6.92 Å². The molecule has 1 N–H and O–H groups in total. The fourth-order valence-corrected chi connectivity index (χ4v) is 2.64. The first kappa shape index (κ1) is 15.8. The Morgan fingerprint density at radius 3 is 2.58 bits per heavy atom. The Balaban J connectivity index is 2.59. The summed E-state index contributed by atoms with van der Waals surface area (Å²) < 4.78 is 0. The predicted molar refractivity (Wildman–Crippen MR) is 74.1 cm³/mol. The van der Waals surface area contributed by atoms with Crippen LogP contribution in [0.1, 0.15) is 46.0 Å². The number of carbonyl (C=O) groups is 2. The van der Waals surface area contributed by atoms with Crippen molar-refractivity contribution in [3.05, 3.63) is 0 Å². The minimum atomic E-state index is -0.942. The summed E-state index contributed by atoms with van der Waals surface area (Å²) in [6.45, 7) is 5.99. The van der Waals surface area contributed by atoms with Crippen molar-refractivity contribution in [2.75, 3.05) is 26.2 Å². The van der Waals surface area contributed by atoms with Gasteiger partial charge in [-0.3, -0.25) is 4.79 Å². The van der Waals surface area contributed by atoms with E-state index in [0.717, 1.165) is 38.8 Å². The number of aliphatic carboxylic acids is 1. The van der Waals surface area contributed by atoms with Crippen molar-refractivity contribution in [3.63, 3.8) is 0 Å². The first-order chi connectivity index (χ1) is 9.08. The lowest BCUT2D eigenvalue weighted by Gasteiger charge is -2.28. The monoisotopic (exact) mass is 270 g/mol. The lowest BCUT2D eigenvalue weighted by atomic mass is 9.98. The summed E-state index contributed by atoms with van der Waals surface area (Å²) in [5, 5.41) is 8.88. The van der Waals surface area contributed by atoms with E-state index >= 15 is 0 Å². The van der Waals surface area contributed by atoms with Crippen LogP contribution in [-0.2, 0) is 4.79 Å². The van der Waals surface area contributed by atoms with Gasteiger partial charge in [0.05, 0.1) is 0 Å². The molecule has 5 heteroatoms. The van der Waals surface area contributed by atoms with E-state index in [1.165, 1.54) is 11.3 Å². The van der Waals surface area contributed by atoms with E-state index in [0.29, 0.717) is 12.5 Å². The van der Waals surface area contributed by atoms with Gasteiger partial charge < -0.3 is 14.9 Å². The third-order valence-corrected chi connectivity index (χ3v) is 3.79. The summed E-state index contributed by atoms with van der Waals surface area (Å²) in [4.78, 5) is 26.5. The molecule has 1 atom stereocenters. The largest absolute Gasteiger partial charge is 0.480 e. The Labute approximate surface area is 115 Å². The second-order valence-electron chi connectivity index (χ2n) is 5.29. The molecule has 0 saturated carbocycles. The smallest absolute Gasteiger partial charge is 0.323 e. The molecule has 110 valence electrons. The number of urea groups is 1. The van der Waals surface area contributed by atoms with Crippen LogP contribution in [0.5, 0.6) is 0 Å². The molecule has 2 amide bonds. The molecule has 5 nitrogen and oxygen atoms in total. The number of hydrogen-bond donors (Lipinski definition) is 1. The molecule has 0 aromatic heterocycles. The van der Waals surface area contributed by atoms with Crippen molar-refractivity contribution in [2.45, 2.75) is 46.0 Å². The van der Waals surface area contributed by atoms with Gasteiger partial charge in [0.25, 0.3) is 0 Å². The van der Waals surface area contributed by atoms with Gasteiger partial charge in [-0.15, -0.1) is 0 Å². The number of carboxylic acids is 1. The zero-order valence-electron chi connectivity index (χ0n) is 12.1. The van der Waals surface area contributed by atoms with Crippen molar-refractivity contribution in [1.29, 1.82) is 0 Å². The summed E-state index contributed by atoms with van der Waals surface area (Å²) in [6.07, 6.45) is 5.18. The van der Waals surface area contributed by atoms with Gasteiger partial charge in [0.15, 0.2) is 0 Å². The maximum atomic E-state index is 12.4. The normalized spacial score (nSPS) is 19.9. The van der Waals surface area contributed by atoms with Crippen LogP contribution in [0.15, 0.2) is 0 Å². The zero-order valence-corrected chi connectivity index (χ0v) is 12.1. The van der Waals surface area contributed by atoms with Crippen LogP contribution < -0.4 is 0 Å². The van der Waals surface area contributed by atoms with Gasteiger partial charge in [-0.1, -0.05) is 20.3 Å². The van der Waals surface area contributed by atoms with Crippen molar-refractivity contribution < 1.29 is 14.7 Å². The van der Waals surface area contributed by atoms with Crippen LogP contribution in [0.4, 0.5) is 4.79 Å². The molecule has 0 aliphatic carbocycles. The third kappa shape index (κ3) is 5.09. The second kappa shape index (κ2) is 8.02. The van der Waals surface area contributed by atoms with Gasteiger partial charge in [-0.25, -0.2) is 4.79 Å². The molecule has 0 radical (unpaired) electrons. The van der Waals surface area contributed by atoms with E-state index in [-0.39, 0.29) is 12.6 Å². The molecule has 1 heterocycles. The van der Waals surface area contributed by atoms with E-state index in [1.807, 2.05) is 11.8 Å². The highest BCUT2D eigenvalue weighted by Gasteiger charge is 2.24. The molecule has 0 spiro atoms. The van der Waals surface area contributed by atoms with Crippen molar-refractivity contribution in [2.24, 2.45) is 5.92 Å². The van der Waals surface area contributed by atoms with E-state index in [9.17, 15) is 9.59 Å². The zero-order chi connectivity index (χ0) is 14.3. The maximum absolute atomic E-state index is 12.4. The minimum absolute atomic E-state index is 0.110. The van der Waals surface area contributed by atoms with Crippen LogP contribution >= 0.6 is 0 Å². The van der Waals surface area contributed by atoms with Gasteiger partial charge in [0.2, 0.25) is 0 Å². The number of nitrogens with zero attached hydrogens (tertiary/aromatic N) is 2. The van der Waals surface area contributed by atoms with Gasteiger partial charge in [0, 0.05) is 19.6 Å². The van der Waals surface area contributed by atoms with Crippen molar-refractivity contribution in [3.8, 4) is 0 Å². The molecule has 0 aromatic rings. The lowest BCUT2D eigenvalue weighted by molar-refractivity contribution is -0.137. The first-order valence-electron chi connectivity index (χ1n) is 7.34. The average molecular weight is 270 g/mol. The minimum Gasteiger partial charge on any atom is -0.480 e. The molecule has 1 rings (SSSR count). The van der Waals surface area contributed by atoms with Gasteiger partial charge in [0.1, 0.15) is 6.54 Å². The summed E-state index contributed by atoms with van der Waals surface area (Å²) in [7, 11) is 0. The number of hydrogen-bond acceptors (Lipinski definition) is 2. The molecule has 1 aliphatic rings. The number of amides is 2. The van der Waals surface area contributed by atoms with Crippen molar-refractivity contribution in [1.82, 2.24) is 9.80 Å². The molecule has 1 saturated heterocycles. The maximum Gasteiger partial charge on any atom is 0.323 e. The van der Waals surface area contributed by atoms with Gasteiger partial charge in [-0.2, -0.15) is 0 Å². The number of carboxylic acid groups (broad SMARTS) is 1. The second-order valence-corrected chi connectivity index (χ2v) is 5.29. The van der Waals surface area contributed by atoms with E-state index in [1.54, 1.807) is 0 Å². The first-order valence-corrected chi connectivity index (χ1v) is 7.34. The van der Waals surface area contributed by atoms with E-state index < -0.39 is 5.97 Å². The van der Waals surface area contributed by atoms with Crippen molar-refractivity contribution >= 4 is 12.0 Å². The van der Waals surface area contributed by atoms with Crippen LogP contribution in [0, 0.1) is 5.92 Å². The third-order valence-electron chi connectivity index (χ3n) is 3.79. The summed E-state index contributed by atoms with van der Waals surface area (Å²) in [5.74, 6) is -0.236. The van der Waals surface area contributed by atoms with E-state index in [4.69, 9.17) is 5.11 Å². The Bertz CT molecular complexity index is 307. The van der Waals surface area contributed by atoms with Gasteiger partial charge in [-0.05, 0) is 31.6 Å². The highest BCUT2D eigenvalue weighted by atomic mass is 16.4. The van der Waals surface area contributed by atoms with Crippen LogP contribution in [0.25, 0.3) is 0 Å². The predicted octanol–water partition coefficient (Wildman–Crippen LogP) is 2.42. The van der Waals surface area contributed by atoms with Crippen LogP contribution in [0.3, 0.4) is 0 Å². The fourth-order valence-electron chi connectivity index (χ4n) is 2.64. The Morgan fingerprint density at radius 1 is 1.26 bits per heavy atom. The highest BCUT2D eigenvalue weighted by molar-refractivity contribution is 5.80. The molecule has 1 unspecified atom stereocenters. The Morgan fingerprint density at radius 2 is 2.00 bits per heavy atom. The molecular formula is C14H26N2O3. The Hall–Kier alpha value is -1.26. The molecule has 1 aliphatic heterocycles. The molecule has 0 bridgehead atoms. The van der Waals surface area contributed by atoms with Crippen LogP contribution in [0.2, 0.25) is 0 Å². The van der Waals surface area contributed by atoms with Crippen LogP contribution in [-0.4, -0.2) is 53.1 Å². The summed E-state index contributed by atoms with van der Waals surface area (Å²) >= 11 is 0. The Kier molecular flexibility index (Phi) is 6.67. The summed E-state index contributed by atoms with van der Waals surface area (Å²) in [6, 6.07) is -0.110.